The number of carbonyl (C=O) groups excluding carboxylic acids is 1. The van der Waals surface area contributed by atoms with Crippen LogP contribution >= 0.6 is 0 Å². The van der Waals surface area contributed by atoms with Gasteiger partial charge in [-0.3, -0.25) is 4.79 Å². The first kappa shape index (κ1) is 13.0. The Morgan fingerprint density at radius 2 is 2.00 bits per heavy atom. The van der Waals surface area contributed by atoms with Crippen molar-refractivity contribution in [3.05, 3.63) is 23.9 Å². The number of ketones is 1. The number of piperidine rings is 1. The lowest BCUT2D eigenvalue weighted by Crippen LogP contribution is -2.42. The Morgan fingerprint density at radius 1 is 1.33 bits per heavy atom. The van der Waals surface area contributed by atoms with E-state index in [1.807, 2.05) is 12.1 Å². The molecule has 0 saturated carbocycles. The molecule has 1 fully saturated rings. The molecule has 1 aromatic heterocycles. The number of pyridine rings is 1. The van der Waals surface area contributed by atoms with Crippen molar-refractivity contribution in [2.24, 2.45) is 0 Å². The second-order valence-electron chi connectivity index (χ2n) is 5.14. The summed E-state index contributed by atoms with van der Waals surface area (Å²) >= 11 is 0. The van der Waals surface area contributed by atoms with E-state index in [0.717, 1.165) is 18.9 Å². The summed E-state index contributed by atoms with van der Waals surface area (Å²) in [6.45, 7) is 3.64. The summed E-state index contributed by atoms with van der Waals surface area (Å²) in [6.07, 6.45) is 4.02. The lowest BCUT2D eigenvalue weighted by Gasteiger charge is -2.35. The zero-order chi connectivity index (χ0) is 13.1. The van der Waals surface area contributed by atoms with Crippen LogP contribution in [0.2, 0.25) is 0 Å². The highest BCUT2D eigenvalue weighted by Crippen LogP contribution is 2.20. The molecule has 98 valence electrons. The molecule has 18 heavy (non-hydrogen) atoms. The number of hydrogen-bond acceptors (Lipinski definition) is 4. The van der Waals surface area contributed by atoms with Crippen molar-refractivity contribution in [2.45, 2.75) is 25.8 Å². The molecule has 0 amide bonds. The maximum Gasteiger partial charge on any atom is 0.161 e. The van der Waals surface area contributed by atoms with Crippen LogP contribution in [0.1, 0.15) is 30.1 Å². The number of anilines is 1. The average Bonchev–Trinajstić information content (AvgIpc) is 2.39. The van der Waals surface area contributed by atoms with Crippen LogP contribution in [0, 0.1) is 0 Å². The van der Waals surface area contributed by atoms with Crippen molar-refractivity contribution in [1.82, 2.24) is 9.88 Å². The first-order valence-electron chi connectivity index (χ1n) is 6.46. The summed E-state index contributed by atoms with van der Waals surface area (Å²) in [6, 6.07) is 4.49. The monoisotopic (exact) mass is 247 g/mol. The average molecular weight is 247 g/mol. The highest BCUT2D eigenvalue weighted by atomic mass is 16.1. The van der Waals surface area contributed by atoms with E-state index in [-0.39, 0.29) is 5.78 Å². The molecule has 4 heteroatoms. The van der Waals surface area contributed by atoms with Gasteiger partial charge in [-0.15, -0.1) is 0 Å². The minimum Gasteiger partial charge on any atom is -0.357 e. The maximum absolute atomic E-state index is 11.2. The fourth-order valence-corrected chi connectivity index (χ4v) is 2.39. The zero-order valence-corrected chi connectivity index (χ0v) is 11.4. The number of hydrogen-bond donors (Lipinski definition) is 0. The molecule has 1 aliphatic rings. The first-order valence-corrected chi connectivity index (χ1v) is 6.46. The van der Waals surface area contributed by atoms with Crippen molar-refractivity contribution in [3.8, 4) is 0 Å². The number of Topliss-reactive ketones (excluding diaryl/α,β-unsaturated/α-hetero) is 1. The smallest absolute Gasteiger partial charge is 0.161 e. The Labute approximate surface area is 109 Å². The van der Waals surface area contributed by atoms with Crippen molar-refractivity contribution < 1.29 is 4.79 Å². The molecule has 2 heterocycles. The molecule has 4 nitrogen and oxygen atoms in total. The van der Waals surface area contributed by atoms with E-state index in [4.69, 9.17) is 0 Å². The Kier molecular flexibility index (Phi) is 3.97. The molecule has 1 saturated heterocycles. The lowest BCUT2D eigenvalue weighted by atomic mass is 10.0. The van der Waals surface area contributed by atoms with Gasteiger partial charge in [-0.25, -0.2) is 4.98 Å². The van der Waals surface area contributed by atoms with Crippen molar-refractivity contribution in [2.75, 3.05) is 32.1 Å². The van der Waals surface area contributed by atoms with Gasteiger partial charge in [0.15, 0.2) is 5.78 Å². The summed E-state index contributed by atoms with van der Waals surface area (Å²) in [5, 5.41) is 0. The summed E-state index contributed by atoms with van der Waals surface area (Å²) in [7, 11) is 4.28. The van der Waals surface area contributed by atoms with Crippen molar-refractivity contribution >= 4 is 11.6 Å². The molecular weight excluding hydrogens is 226 g/mol. The third-order valence-corrected chi connectivity index (χ3v) is 3.67. The number of rotatable bonds is 3. The summed E-state index contributed by atoms with van der Waals surface area (Å²) in [5.41, 5.74) is 0.682. The largest absolute Gasteiger partial charge is 0.357 e. The van der Waals surface area contributed by atoms with Crippen LogP contribution in [0.15, 0.2) is 18.3 Å². The van der Waals surface area contributed by atoms with E-state index in [1.54, 1.807) is 13.1 Å². The third-order valence-electron chi connectivity index (χ3n) is 3.67. The molecule has 1 aliphatic heterocycles. The summed E-state index contributed by atoms with van der Waals surface area (Å²) < 4.78 is 0. The van der Waals surface area contributed by atoms with Crippen molar-refractivity contribution in [3.63, 3.8) is 0 Å². The minimum atomic E-state index is 0.0698. The predicted molar refractivity (Wildman–Crippen MR) is 73.2 cm³/mol. The van der Waals surface area contributed by atoms with Crippen LogP contribution in [0.25, 0.3) is 0 Å². The van der Waals surface area contributed by atoms with Gasteiger partial charge in [0.05, 0.1) is 0 Å². The minimum absolute atomic E-state index is 0.0698. The molecular formula is C14H21N3O. The van der Waals surface area contributed by atoms with Gasteiger partial charge >= 0.3 is 0 Å². The molecule has 0 atom stereocenters. The van der Waals surface area contributed by atoms with Crippen LogP contribution in [0.5, 0.6) is 0 Å². The van der Waals surface area contributed by atoms with Crippen LogP contribution in [-0.2, 0) is 0 Å². The second-order valence-corrected chi connectivity index (χ2v) is 5.14. The van der Waals surface area contributed by atoms with E-state index in [1.165, 1.54) is 12.8 Å². The molecule has 2 rings (SSSR count). The highest BCUT2D eigenvalue weighted by Gasteiger charge is 2.21. The van der Waals surface area contributed by atoms with E-state index in [9.17, 15) is 4.79 Å². The molecule has 0 aliphatic carbocycles. The summed E-state index contributed by atoms with van der Waals surface area (Å²) in [5.74, 6) is 1.05. The molecule has 1 aromatic rings. The Morgan fingerprint density at radius 3 is 2.44 bits per heavy atom. The Bertz CT molecular complexity index is 406. The van der Waals surface area contributed by atoms with Gasteiger partial charge in [-0.05, 0) is 46.0 Å². The fraction of sp³-hybridized carbons (Fsp3) is 0.571. The predicted octanol–water partition coefficient (Wildman–Crippen LogP) is 1.81. The second kappa shape index (κ2) is 5.48. The number of carbonyl (C=O) groups is 1. The van der Waals surface area contributed by atoms with Gasteiger partial charge in [0, 0.05) is 30.9 Å². The SMILES string of the molecule is CC(=O)c1ccc(N2CCC(N(C)C)CC2)nc1. The quantitative estimate of drug-likeness (QED) is 0.763. The van der Waals surface area contributed by atoms with Crippen LogP contribution < -0.4 is 4.90 Å². The van der Waals surface area contributed by atoms with Crippen LogP contribution in [0.3, 0.4) is 0 Å². The van der Waals surface area contributed by atoms with Gasteiger partial charge < -0.3 is 9.80 Å². The number of aromatic nitrogens is 1. The summed E-state index contributed by atoms with van der Waals surface area (Å²) in [4.78, 5) is 20.2. The Balaban J connectivity index is 1.99. The first-order chi connectivity index (χ1) is 8.58. The van der Waals surface area contributed by atoms with E-state index >= 15 is 0 Å². The van der Waals surface area contributed by atoms with E-state index in [0.29, 0.717) is 11.6 Å². The lowest BCUT2D eigenvalue weighted by molar-refractivity contribution is 0.101. The standard InChI is InChI=1S/C14H21N3O/c1-11(18)12-4-5-14(15-10-12)17-8-6-13(7-9-17)16(2)3/h4-5,10,13H,6-9H2,1-3H3. The van der Waals surface area contributed by atoms with Crippen molar-refractivity contribution in [1.29, 1.82) is 0 Å². The molecule has 0 bridgehead atoms. The number of nitrogens with zero attached hydrogens (tertiary/aromatic N) is 3. The van der Waals surface area contributed by atoms with Crippen LogP contribution in [-0.4, -0.2) is 48.9 Å². The van der Waals surface area contributed by atoms with E-state index < -0.39 is 0 Å². The maximum atomic E-state index is 11.2. The van der Waals surface area contributed by atoms with E-state index in [2.05, 4.69) is 28.9 Å². The molecule has 0 unspecified atom stereocenters. The topological polar surface area (TPSA) is 36.4 Å². The van der Waals surface area contributed by atoms with Crippen LogP contribution in [0.4, 0.5) is 5.82 Å². The van der Waals surface area contributed by atoms with Gasteiger partial charge in [0.2, 0.25) is 0 Å². The molecule has 0 radical (unpaired) electrons. The third kappa shape index (κ3) is 2.88. The van der Waals surface area contributed by atoms with Gasteiger partial charge in [-0.1, -0.05) is 0 Å². The fourth-order valence-electron chi connectivity index (χ4n) is 2.39. The molecule has 0 N–H and O–H groups in total. The normalized spacial score (nSPS) is 17.2. The van der Waals surface area contributed by atoms with Gasteiger partial charge in [-0.2, -0.15) is 0 Å². The van der Waals surface area contributed by atoms with Gasteiger partial charge in [0.25, 0.3) is 0 Å². The highest BCUT2D eigenvalue weighted by molar-refractivity contribution is 5.93. The van der Waals surface area contributed by atoms with Gasteiger partial charge in [0.1, 0.15) is 5.82 Å². The Hall–Kier alpha value is -1.42. The molecule has 0 aromatic carbocycles. The molecule has 0 spiro atoms. The zero-order valence-electron chi connectivity index (χ0n) is 11.4.